The molecule has 0 radical (unpaired) electrons. The molecule has 2 aromatic rings. The molecule has 1 fully saturated rings. The smallest absolute Gasteiger partial charge is 0.189 e. The number of likely N-dealkylation sites (tertiary alicyclic amines) is 1. The van der Waals surface area contributed by atoms with Gasteiger partial charge in [0.1, 0.15) is 0 Å². The van der Waals surface area contributed by atoms with Gasteiger partial charge >= 0.3 is 0 Å². The second-order valence-corrected chi connectivity index (χ2v) is 6.75. The van der Waals surface area contributed by atoms with Crippen molar-refractivity contribution >= 4 is 10.9 Å². The number of aliphatic hydroxyl groups is 1. The van der Waals surface area contributed by atoms with Crippen molar-refractivity contribution in [3.05, 3.63) is 45.7 Å². The summed E-state index contributed by atoms with van der Waals surface area (Å²) in [6, 6.07) is 7.91. The van der Waals surface area contributed by atoms with Crippen LogP contribution in [0.1, 0.15) is 30.5 Å². The van der Waals surface area contributed by atoms with Gasteiger partial charge in [-0.25, -0.2) is 0 Å². The van der Waals surface area contributed by atoms with E-state index in [0.29, 0.717) is 12.6 Å². The lowest BCUT2D eigenvalue weighted by Crippen LogP contribution is -2.44. The maximum Gasteiger partial charge on any atom is 0.189 e. The molecule has 1 atom stereocenters. The number of hydrogen-bond acceptors (Lipinski definition) is 4. The number of aromatic nitrogens is 1. The minimum Gasteiger partial charge on any atom is -0.395 e. The second kappa shape index (κ2) is 7.92. The molecular formula is C19H27N3O2. The molecule has 5 heteroatoms. The first kappa shape index (κ1) is 17.1. The Morgan fingerprint density at radius 1 is 1.33 bits per heavy atom. The van der Waals surface area contributed by atoms with Gasteiger partial charge in [0.25, 0.3) is 0 Å². The zero-order valence-electron chi connectivity index (χ0n) is 14.3. The topological polar surface area (TPSA) is 68.4 Å². The molecule has 1 saturated heterocycles. The highest BCUT2D eigenvalue weighted by Gasteiger charge is 2.20. The molecule has 3 rings (SSSR count). The lowest BCUT2D eigenvalue weighted by atomic mass is 10.0. The molecule has 1 aromatic carbocycles. The fraction of sp³-hybridized carbons (Fsp3) is 0.526. The summed E-state index contributed by atoms with van der Waals surface area (Å²) in [6.07, 6.45) is 3.52. The molecule has 0 spiro atoms. The molecule has 3 N–H and O–H groups in total. The third-order valence-electron chi connectivity index (χ3n) is 4.89. The minimum atomic E-state index is 0.0700. The standard InChI is InChI=1S/C19H27N3O2/c1-14-5-6-18-17(10-14)19(24)11-15(21-18)12-20-7-9-22-8-3-2-4-16(22)13-23/h5-6,10-11,16,20,23H,2-4,7-9,12-13H2,1H3,(H,21,24)/t16-/m0/s1. The molecule has 1 aliphatic heterocycles. The largest absolute Gasteiger partial charge is 0.395 e. The number of piperidine rings is 1. The van der Waals surface area contributed by atoms with Gasteiger partial charge in [-0.2, -0.15) is 0 Å². The van der Waals surface area contributed by atoms with Gasteiger partial charge in [-0.1, -0.05) is 18.1 Å². The van der Waals surface area contributed by atoms with Crippen LogP contribution in [0.4, 0.5) is 0 Å². The predicted molar refractivity (Wildman–Crippen MR) is 97.3 cm³/mol. The van der Waals surface area contributed by atoms with Gasteiger partial charge in [0.2, 0.25) is 0 Å². The molecule has 0 aliphatic carbocycles. The molecule has 1 aromatic heterocycles. The van der Waals surface area contributed by atoms with Gasteiger partial charge in [0.05, 0.1) is 6.61 Å². The maximum absolute atomic E-state index is 12.2. The van der Waals surface area contributed by atoms with E-state index in [1.54, 1.807) is 6.07 Å². The van der Waals surface area contributed by atoms with Crippen LogP contribution < -0.4 is 10.7 Å². The summed E-state index contributed by atoms with van der Waals surface area (Å²) < 4.78 is 0. The lowest BCUT2D eigenvalue weighted by molar-refractivity contribution is 0.0910. The molecule has 5 nitrogen and oxygen atoms in total. The number of pyridine rings is 1. The molecule has 0 bridgehead atoms. The Labute approximate surface area is 142 Å². The molecule has 0 amide bonds. The average Bonchev–Trinajstić information content (AvgIpc) is 2.60. The number of aromatic amines is 1. The van der Waals surface area contributed by atoms with Gasteiger partial charge in [0, 0.05) is 48.3 Å². The van der Waals surface area contributed by atoms with Gasteiger partial charge < -0.3 is 15.4 Å². The average molecular weight is 329 g/mol. The number of hydrogen-bond donors (Lipinski definition) is 3. The number of benzene rings is 1. The van der Waals surface area contributed by atoms with Crippen LogP contribution in [0.2, 0.25) is 0 Å². The SMILES string of the molecule is Cc1ccc2[nH]c(CNCCN3CCCC[C@H]3CO)cc(=O)c2c1. The predicted octanol–water partition coefficient (Wildman–Crippen LogP) is 1.77. The Kier molecular flexibility index (Phi) is 5.66. The fourth-order valence-electron chi connectivity index (χ4n) is 3.52. The Balaban J connectivity index is 1.56. The first-order valence-electron chi connectivity index (χ1n) is 8.85. The van der Waals surface area contributed by atoms with Crippen LogP contribution in [0.25, 0.3) is 10.9 Å². The molecule has 1 aliphatic rings. The number of rotatable bonds is 6. The van der Waals surface area contributed by atoms with Crippen molar-refractivity contribution in [3.63, 3.8) is 0 Å². The Bertz CT molecular complexity index is 741. The van der Waals surface area contributed by atoms with E-state index in [1.165, 1.54) is 12.8 Å². The van der Waals surface area contributed by atoms with Crippen molar-refractivity contribution in [2.24, 2.45) is 0 Å². The molecule has 24 heavy (non-hydrogen) atoms. The van der Waals surface area contributed by atoms with Crippen molar-refractivity contribution in [3.8, 4) is 0 Å². The van der Waals surface area contributed by atoms with Crippen molar-refractivity contribution < 1.29 is 5.11 Å². The number of aryl methyl sites for hydroxylation is 1. The third kappa shape index (κ3) is 4.04. The Morgan fingerprint density at radius 2 is 2.21 bits per heavy atom. The van der Waals surface area contributed by atoms with E-state index in [0.717, 1.165) is 48.2 Å². The Morgan fingerprint density at radius 3 is 3.04 bits per heavy atom. The van der Waals surface area contributed by atoms with E-state index < -0.39 is 0 Å². The monoisotopic (exact) mass is 329 g/mol. The molecule has 0 unspecified atom stereocenters. The van der Waals surface area contributed by atoms with Crippen LogP contribution in [0.5, 0.6) is 0 Å². The first-order chi connectivity index (χ1) is 11.7. The number of nitrogens with zero attached hydrogens (tertiary/aromatic N) is 1. The molecule has 2 heterocycles. The highest BCUT2D eigenvalue weighted by molar-refractivity contribution is 5.79. The van der Waals surface area contributed by atoms with E-state index in [2.05, 4.69) is 15.2 Å². The highest BCUT2D eigenvalue weighted by atomic mass is 16.3. The summed E-state index contributed by atoms with van der Waals surface area (Å²) in [6.45, 7) is 5.74. The lowest BCUT2D eigenvalue weighted by Gasteiger charge is -2.34. The summed E-state index contributed by atoms with van der Waals surface area (Å²) in [4.78, 5) is 17.9. The molecule has 130 valence electrons. The van der Waals surface area contributed by atoms with Crippen LogP contribution in [0.3, 0.4) is 0 Å². The number of H-pyrrole nitrogens is 1. The van der Waals surface area contributed by atoms with E-state index in [4.69, 9.17) is 0 Å². The normalized spacial score (nSPS) is 19.0. The minimum absolute atomic E-state index is 0.0700. The van der Waals surface area contributed by atoms with Gasteiger partial charge in [-0.3, -0.25) is 9.69 Å². The van der Waals surface area contributed by atoms with Crippen molar-refractivity contribution in [1.29, 1.82) is 0 Å². The zero-order chi connectivity index (χ0) is 16.9. The van der Waals surface area contributed by atoms with Gasteiger partial charge in [-0.15, -0.1) is 0 Å². The zero-order valence-corrected chi connectivity index (χ0v) is 14.3. The van der Waals surface area contributed by atoms with E-state index >= 15 is 0 Å². The van der Waals surface area contributed by atoms with Crippen LogP contribution in [0, 0.1) is 6.92 Å². The van der Waals surface area contributed by atoms with E-state index in [1.807, 2.05) is 25.1 Å². The maximum atomic E-state index is 12.2. The Hall–Kier alpha value is -1.69. The number of nitrogens with one attached hydrogen (secondary N) is 2. The number of fused-ring (bicyclic) bond motifs is 1. The van der Waals surface area contributed by atoms with E-state index in [9.17, 15) is 9.90 Å². The third-order valence-corrected chi connectivity index (χ3v) is 4.89. The number of aliphatic hydroxyl groups excluding tert-OH is 1. The van der Waals surface area contributed by atoms with Crippen molar-refractivity contribution in [2.45, 2.75) is 38.8 Å². The van der Waals surface area contributed by atoms with Crippen LogP contribution >= 0.6 is 0 Å². The second-order valence-electron chi connectivity index (χ2n) is 6.75. The fourth-order valence-corrected chi connectivity index (χ4v) is 3.52. The quantitative estimate of drug-likeness (QED) is 0.707. The van der Waals surface area contributed by atoms with E-state index in [-0.39, 0.29) is 12.0 Å². The summed E-state index contributed by atoms with van der Waals surface area (Å²) >= 11 is 0. The molecular weight excluding hydrogens is 302 g/mol. The van der Waals surface area contributed by atoms with Gasteiger partial charge in [-0.05, 0) is 38.4 Å². The van der Waals surface area contributed by atoms with Crippen LogP contribution in [-0.4, -0.2) is 47.3 Å². The summed E-state index contributed by atoms with van der Waals surface area (Å²) in [5, 5.41) is 13.6. The summed E-state index contributed by atoms with van der Waals surface area (Å²) in [5.41, 5.74) is 2.97. The van der Waals surface area contributed by atoms with Gasteiger partial charge in [0.15, 0.2) is 5.43 Å². The van der Waals surface area contributed by atoms with Crippen LogP contribution in [0.15, 0.2) is 29.1 Å². The van der Waals surface area contributed by atoms with Crippen LogP contribution in [-0.2, 0) is 6.54 Å². The molecule has 0 saturated carbocycles. The van der Waals surface area contributed by atoms with Crippen molar-refractivity contribution in [1.82, 2.24) is 15.2 Å². The van der Waals surface area contributed by atoms with Crippen molar-refractivity contribution in [2.75, 3.05) is 26.2 Å². The first-order valence-corrected chi connectivity index (χ1v) is 8.85. The summed E-state index contributed by atoms with van der Waals surface area (Å²) in [5.74, 6) is 0. The summed E-state index contributed by atoms with van der Waals surface area (Å²) in [7, 11) is 0. The highest BCUT2D eigenvalue weighted by Crippen LogP contribution is 2.15.